The molecule has 3 amide bonds. The van der Waals surface area contributed by atoms with E-state index in [0.29, 0.717) is 27.5 Å². The Bertz CT molecular complexity index is 1520. The molecule has 0 aliphatic carbocycles. The summed E-state index contributed by atoms with van der Waals surface area (Å²) in [6, 6.07) is 15.3. The normalized spacial score (nSPS) is 18.1. The van der Waals surface area contributed by atoms with Crippen molar-refractivity contribution in [3.8, 4) is 17.2 Å². The molecule has 3 aromatic carbocycles. The summed E-state index contributed by atoms with van der Waals surface area (Å²) < 4.78 is 39.8. The maximum Gasteiger partial charge on any atom is 0.267 e. The average Bonchev–Trinajstić information content (AvgIpc) is 3.59. The molecule has 12 heteroatoms. The first-order valence-corrected chi connectivity index (χ1v) is 13.7. The molecule has 3 aromatic rings. The number of hydrogen-bond acceptors (Lipinski definition) is 7. The summed E-state index contributed by atoms with van der Waals surface area (Å²) in [6.45, 7) is 0.527. The molecule has 3 atom stereocenters. The van der Waals surface area contributed by atoms with Gasteiger partial charge >= 0.3 is 0 Å². The maximum atomic E-state index is 14.6. The lowest BCUT2D eigenvalue weighted by Crippen LogP contribution is -2.55. The summed E-state index contributed by atoms with van der Waals surface area (Å²) in [4.78, 5) is 40.5. The number of aliphatic hydroxyl groups excluding tert-OH is 1. The van der Waals surface area contributed by atoms with Crippen molar-refractivity contribution in [3.05, 3.63) is 89.0 Å². The highest BCUT2D eigenvalue weighted by Gasteiger charge is 2.51. The number of ether oxygens (including phenoxy) is 2. The van der Waals surface area contributed by atoms with Gasteiger partial charge in [0.2, 0.25) is 12.7 Å². The van der Waals surface area contributed by atoms with Crippen molar-refractivity contribution in [2.45, 2.75) is 50.4 Å². The zero-order valence-corrected chi connectivity index (χ0v) is 23.3. The van der Waals surface area contributed by atoms with Gasteiger partial charge in [-0.15, -0.1) is 0 Å². The largest absolute Gasteiger partial charge is 0.508 e. The van der Waals surface area contributed by atoms with E-state index in [0.717, 1.165) is 0 Å². The summed E-state index contributed by atoms with van der Waals surface area (Å²) in [5.41, 5.74) is 1.70. The molecule has 5 rings (SSSR count). The maximum absolute atomic E-state index is 14.6. The third-order valence-electron chi connectivity index (χ3n) is 7.56. The lowest BCUT2D eigenvalue weighted by molar-refractivity contribution is -0.147. The Hall–Kier alpha value is -4.71. The van der Waals surface area contributed by atoms with Crippen LogP contribution in [0.25, 0.3) is 0 Å². The van der Waals surface area contributed by atoms with E-state index < -0.39 is 54.8 Å². The Morgan fingerprint density at radius 3 is 2.53 bits per heavy atom. The van der Waals surface area contributed by atoms with Crippen LogP contribution < -0.4 is 20.1 Å². The first-order chi connectivity index (χ1) is 20.5. The van der Waals surface area contributed by atoms with Gasteiger partial charge in [0.05, 0.1) is 12.6 Å². The molecular weight excluding hydrogens is 564 g/mol. The van der Waals surface area contributed by atoms with Crippen molar-refractivity contribution < 1.29 is 42.9 Å². The van der Waals surface area contributed by atoms with E-state index in [4.69, 9.17) is 9.47 Å². The molecule has 10 nitrogen and oxygen atoms in total. The number of phenols is 1. The fourth-order valence-corrected chi connectivity index (χ4v) is 5.21. The number of amides is 3. The van der Waals surface area contributed by atoms with Crippen LogP contribution in [0, 0.1) is 6.92 Å². The SMILES string of the molecule is Cc1c(O)cccc1C(=O)NC(Cc1ccccc1)C(O)C(=O)N1CC(F)(F)CC1C(=O)NCc1ccc2c(c1)OCO2. The Kier molecular flexibility index (Phi) is 8.49. The van der Waals surface area contributed by atoms with Gasteiger partial charge in [0.1, 0.15) is 11.8 Å². The molecule has 0 saturated carbocycles. The number of carbonyl (C=O) groups is 3. The Morgan fingerprint density at radius 2 is 1.77 bits per heavy atom. The van der Waals surface area contributed by atoms with Gasteiger partial charge in [0.15, 0.2) is 17.6 Å². The summed E-state index contributed by atoms with van der Waals surface area (Å²) in [5, 5.41) is 26.5. The van der Waals surface area contributed by atoms with Crippen LogP contribution in [0.4, 0.5) is 8.78 Å². The van der Waals surface area contributed by atoms with Crippen LogP contribution in [0.2, 0.25) is 0 Å². The van der Waals surface area contributed by atoms with Gasteiger partial charge < -0.3 is 35.2 Å². The number of nitrogens with zero attached hydrogens (tertiary/aromatic N) is 1. The molecule has 0 spiro atoms. The van der Waals surface area contributed by atoms with Crippen molar-refractivity contribution in [1.82, 2.24) is 15.5 Å². The predicted octanol–water partition coefficient (Wildman–Crippen LogP) is 2.68. The van der Waals surface area contributed by atoms with Crippen molar-refractivity contribution in [2.75, 3.05) is 13.3 Å². The van der Waals surface area contributed by atoms with Crippen LogP contribution in [0.1, 0.15) is 33.5 Å². The summed E-state index contributed by atoms with van der Waals surface area (Å²) in [5.74, 6) is -5.04. The number of aromatic hydroxyl groups is 1. The number of fused-ring (bicyclic) bond motifs is 1. The molecule has 2 aliphatic heterocycles. The lowest BCUT2D eigenvalue weighted by Gasteiger charge is -2.30. The molecule has 226 valence electrons. The number of hydrogen-bond donors (Lipinski definition) is 4. The minimum atomic E-state index is -3.37. The van der Waals surface area contributed by atoms with Gasteiger partial charge in [0, 0.05) is 24.1 Å². The second kappa shape index (κ2) is 12.3. The number of nitrogens with one attached hydrogen (secondary N) is 2. The number of rotatable bonds is 9. The second-order valence-corrected chi connectivity index (χ2v) is 10.6. The van der Waals surface area contributed by atoms with Gasteiger partial charge in [0.25, 0.3) is 17.7 Å². The third-order valence-corrected chi connectivity index (χ3v) is 7.56. The fraction of sp³-hybridized carbons (Fsp3) is 0.323. The Balaban J connectivity index is 1.33. The number of benzene rings is 3. The quantitative estimate of drug-likeness (QED) is 0.299. The molecule has 1 saturated heterocycles. The number of phenolic OH excluding ortho intramolecular Hbond substituents is 1. The molecule has 3 unspecified atom stereocenters. The Morgan fingerprint density at radius 1 is 1.02 bits per heavy atom. The van der Waals surface area contributed by atoms with Crippen LogP contribution in [-0.4, -0.2) is 70.3 Å². The Labute approximate surface area is 246 Å². The van der Waals surface area contributed by atoms with Crippen LogP contribution in [0.3, 0.4) is 0 Å². The first kappa shape index (κ1) is 29.8. The van der Waals surface area contributed by atoms with E-state index in [-0.39, 0.29) is 36.6 Å². The van der Waals surface area contributed by atoms with Gasteiger partial charge in [-0.2, -0.15) is 0 Å². The lowest BCUT2D eigenvalue weighted by atomic mass is 9.98. The summed E-state index contributed by atoms with van der Waals surface area (Å²) >= 11 is 0. The molecule has 4 N–H and O–H groups in total. The van der Waals surface area contributed by atoms with Gasteiger partial charge in [-0.05, 0) is 48.7 Å². The standard InChI is InChI=1S/C31H31F2N3O7/c1-18-21(8-5-9-24(18)37)28(39)35-22(12-19-6-3-2-4-7-19)27(38)30(41)36-16-31(32,33)14-23(36)29(40)34-15-20-10-11-25-26(13-20)43-17-42-25/h2-11,13,22-23,27,37-38H,12,14-17H2,1H3,(H,34,40)(H,35,39). The highest BCUT2D eigenvalue weighted by molar-refractivity contribution is 5.97. The minimum Gasteiger partial charge on any atom is -0.508 e. The molecule has 43 heavy (non-hydrogen) atoms. The minimum absolute atomic E-state index is 0.0113. The van der Waals surface area contributed by atoms with Crippen LogP contribution >= 0.6 is 0 Å². The monoisotopic (exact) mass is 595 g/mol. The van der Waals surface area contributed by atoms with Crippen LogP contribution in [0.15, 0.2) is 66.7 Å². The average molecular weight is 596 g/mol. The smallest absolute Gasteiger partial charge is 0.267 e. The number of carbonyl (C=O) groups excluding carboxylic acids is 3. The van der Waals surface area contributed by atoms with Crippen molar-refractivity contribution >= 4 is 17.7 Å². The second-order valence-electron chi connectivity index (χ2n) is 10.6. The topological polar surface area (TPSA) is 137 Å². The van der Waals surface area contributed by atoms with E-state index in [1.165, 1.54) is 25.1 Å². The van der Waals surface area contributed by atoms with Crippen molar-refractivity contribution in [3.63, 3.8) is 0 Å². The van der Waals surface area contributed by atoms with Crippen LogP contribution in [-0.2, 0) is 22.6 Å². The number of aliphatic hydroxyl groups is 1. The van der Waals surface area contributed by atoms with E-state index in [1.54, 1.807) is 48.5 Å². The van der Waals surface area contributed by atoms with E-state index in [9.17, 15) is 33.4 Å². The number of halogens is 2. The van der Waals surface area contributed by atoms with Crippen molar-refractivity contribution in [1.29, 1.82) is 0 Å². The molecule has 0 aromatic heterocycles. The molecule has 0 radical (unpaired) electrons. The number of likely N-dealkylation sites (tertiary alicyclic amines) is 1. The number of alkyl halides is 2. The predicted molar refractivity (Wildman–Crippen MR) is 150 cm³/mol. The van der Waals surface area contributed by atoms with E-state index in [2.05, 4.69) is 10.6 Å². The molecule has 0 bridgehead atoms. The summed E-state index contributed by atoms with van der Waals surface area (Å²) in [7, 11) is 0. The molecular formula is C31H31F2N3O7. The third kappa shape index (κ3) is 6.69. The van der Waals surface area contributed by atoms with Gasteiger partial charge in [-0.25, -0.2) is 8.78 Å². The first-order valence-electron chi connectivity index (χ1n) is 13.7. The highest BCUT2D eigenvalue weighted by atomic mass is 19.3. The zero-order valence-electron chi connectivity index (χ0n) is 23.3. The van der Waals surface area contributed by atoms with Gasteiger partial charge in [-0.3, -0.25) is 14.4 Å². The molecule has 2 aliphatic rings. The van der Waals surface area contributed by atoms with Crippen LogP contribution in [0.5, 0.6) is 17.2 Å². The van der Waals surface area contributed by atoms with E-state index >= 15 is 0 Å². The highest BCUT2D eigenvalue weighted by Crippen LogP contribution is 2.34. The molecule has 1 fully saturated rings. The zero-order chi connectivity index (χ0) is 30.7. The fourth-order valence-electron chi connectivity index (χ4n) is 5.21. The molecule has 2 heterocycles. The summed E-state index contributed by atoms with van der Waals surface area (Å²) in [6.07, 6.45) is -2.89. The van der Waals surface area contributed by atoms with E-state index in [1.807, 2.05) is 0 Å². The van der Waals surface area contributed by atoms with Gasteiger partial charge in [-0.1, -0.05) is 42.5 Å². The van der Waals surface area contributed by atoms with Crippen molar-refractivity contribution in [2.24, 2.45) is 0 Å².